The fraction of sp³-hybridized carbons (Fsp3) is 0.611. The van der Waals surface area contributed by atoms with Gasteiger partial charge in [-0.25, -0.2) is 13.6 Å². The molecule has 0 N–H and O–H groups in total. The maximum absolute atomic E-state index is 13.7. The molecule has 5 heteroatoms. The third-order valence-electron chi connectivity index (χ3n) is 4.70. The van der Waals surface area contributed by atoms with Crippen LogP contribution in [0.25, 0.3) is 0 Å². The number of rotatable bonds is 2. The fourth-order valence-electron chi connectivity index (χ4n) is 3.80. The normalized spacial score (nSPS) is 20.1. The average Bonchev–Trinajstić information content (AvgIpc) is 2.31. The molecule has 1 saturated carbocycles. The number of hydrogen-bond donors (Lipinski definition) is 0. The second kappa shape index (κ2) is 5.46. The molecule has 0 atom stereocenters. The van der Waals surface area contributed by atoms with Gasteiger partial charge < -0.3 is 9.64 Å². The van der Waals surface area contributed by atoms with E-state index in [1.165, 1.54) is 18.2 Å². The van der Waals surface area contributed by atoms with Crippen molar-refractivity contribution >= 4 is 6.09 Å². The zero-order chi connectivity index (χ0) is 16.8. The van der Waals surface area contributed by atoms with Crippen molar-refractivity contribution in [3.05, 3.63) is 35.4 Å². The molecule has 0 aromatic heterocycles. The summed E-state index contributed by atoms with van der Waals surface area (Å²) in [5.41, 5.74) is -0.149. The molecule has 0 radical (unpaired) electrons. The number of hydrogen-bond acceptors (Lipinski definition) is 2. The number of halogens is 2. The number of carbonyl (C=O) groups is 1. The summed E-state index contributed by atoms with van der Waals surface area (Å²) in [6, 6.07) is 4.00. The van der Waals surface area contributed by atoms with E-state index in [1.807, 2.05) is 20.8 Å². The van der Waals surface area contributed by atoms with Crippen LogP contribution in [0.3, 0.4) is 0 Å². The van der Waals surface area contributed by atoms with Gasteiger partial charge in [0.15, 0.2) is 0 Å². The van der Waals surface area contributed by atoms with Crippen LogP contribution in [0.1, 0.15) is 39.2 Å². The predicted molar refractivity (Wildman–Crippen MR) is 83.0 cm³/mol. The molecule has 3 nitrogen and oxygen atoms in total. The van der Waals surface area contributed by atoms with E-state index in [9.17, 15) is 13.6 Å². The molecule has 1 amide bonds. The van der Waals surface area contributed by atoms with E-state index in [0.29, 0.717) is 25.4 Å². The van der Waals surface area contributed by atoms with Gasteiger partial charge in [-0.3, -0.25) is 0 Å². The summed E-state index contributed by atoms with van der Waals surface area (Å²) in [4.78, 5) is 13.6. The van der Waals surface area contributed by atoms with Crippen LogP contribution in [-0.2, 0) is 11.2 Å². The molecule has 1 heterocycles. The molecular formula is C18H23F2NO2. The van der Waals surface area contributed by atoms with Crippen molar-refractivity contribution in [1.29, 1.82) is 0 Å². The van der Waals surface area contributed by atoms with Crippen molar-refractivity contribution in [3.63, 3.8) is 0 Å². The monoisotopic (exact) mass is 323 g/mol. The second-order valence-electron chi connectivity index (χ2n) is 8.02. The molecular weight excluding hydrogens is 300 g/mol. The van der Waals surface area contributed by atoms with Crippen LogP contribution < -0.4 is 0 Å². The first-order chi connectivity index (χ1) is 10.7. The van der Waals surface area contributed by atoms with Gasteiger partial charge >= 0.3 is 6.09 Å². The lowest BCUT2D eigenvalue weighted by atomic mass is 9.56. The number of likely N-dealkylation sites (tertiary alicyclic amines) is 1. The SMILES string of the molecule is CC(C)(C)OC(=O)N1CC2(CC(Cc3c(F)cccc3F)C2)C1. The minimum atomic E-state index is -0.482. The highest BCUT2D eigenvalue weighted by Gasteiger charge is 2.54. The van der Waals surface area contributed by atoms with Crippen molar-refractivity contribution in [1.82, 2.24) is 4.90 Å². The zero-order valence-electron chi connectivity index (χ0n) is 13.9. The van der Waals surface area contributed by atoms with Gasteiger partial charge in [0.1, 0.15) is 17.2 Å². The van der Waals surface area contributed by atoms with E-state index in [2.05, 4.69) is 0 Å². The largest absolute Gasteiger partial charge is 0.444 e. The third kappa shape index (κ3) is 3.33. The van der Waals surface area contributed by atoms with Crippen LogP contribution in [-0.4, -0.2) is 29.7 Å². The zero-order valence-corrected chi connectivity index (χ0v) is 13.9. The van der Waals surface area contributed by atoms with Gasteiger partial charge in [0, 0.05) is 24.1 Å². The van der Waals surface area contributed by atoms with Crippen LogP contribution in [0, 0.1) is 23.0 Å². The van der Waals surface area contributed by atoms with E-state index >= 15 is 0 Å². The lowest BCUT2D eigenvalue weighted by Crippen LogP contribution is -2.64. The fourth-order valence-corrected chi connectivity index (χ4v) is 3.80. The van der Waals surface area contributed by atoms with Crippen molar-refractivity contribution in [2.45, 2.75) is 45.6 Å². The number of benzene rings is 1. The molecule has 1 aliphatic heterocycles. The highest BCUT2D eigenvalue weighted by Crippen LogP contribution is 2.53. The molecule has 2 fully saturated rings. The summed E-state index contributed by atoms with van der Waals surface area (Å²) in [6.07, 6.45) is 2.00. The van der Waals surface area contributed by atoms with Crippen molar-refractivity contribution in [2.75, 3.05) is 13.1 Å². The van der Waals surface area contributed by atoms with E-state index in [4.69, 9.17) is 4.74 Å². The molecule has 1 saturated heterocycles. The van der Waals surface area contributed by atoms with E-state index in [0.717, 1.165) is 12.8 Å². The highest BCUT2D eigenvalue weighted by atomic mass is 19.1. The van der Waals surface area contributed by atoms with Gasteiger partial charge in [0.05, 0.1) is 0 Å². The standard InChI is InChI=1S/C18H23F2NO2/c1-17(2,3)23-16(22)21-10-18(11-21)8-12(9-18)7-13-14(19)5-4-6-15(13)20/h4-6,12H,7-11H2,1-3H3. The third-order valence-corrected chi connectivity index (χ3v) is 4.70. The number of carbonyl (C=O) groups excluding carboxylic acids is 1. The average molecular weight is 323 g/mol. The summed E-state index contributed by atoms with van der Waals surface area (Å²) in [5, 5.41) is 0. The van der Waals surface area contributed by atoms with Gasteiger partial charge in [-0.05, 0) is 58.1 Å². The van der Waals surface area contributed by atoms with Gasteiger partial charge in [0.2, 0.25) is 0 Å². The maximum Gasteiger partial charge on any atom is 0.410 e. The summed E-state index contributed by atoms with van der Waals surface area (Å²) in [5.74, 6) is -0.632. The molecule has 126 valence electrons. The van der Waals surface area contributed by atoms with E-state index in [1.54, 1.807) is 4.90 Å². The Morgan fingerprint density at radius 2 is 1.83 bits per heavy atom. The quantitative estimate of drug-likeness (QED) is 0.818. The number of ether oxygens (including phenoxy) is 1. The van der Waals surface area contributed by atoms with Gasteiger partial charge in [0.25, 0.3) is 0 Å². The smallest absolute Gasteiger partial charge is 0.410 e. The first-order valence-corrected chi connectivity index (χ1v) is 8.08. The molecule has 1 spiro atoms. The lowest BCUT2D eigenvalue weighted by Gasteiger charge is -2.59. The topological polar surface area (TPSA) is 29.5 Å². The Hall–Kier alpha value is -1.65. The summed E-state index contributed by atoms with van der Waals surface area (Å²) in [7, 11) is 0. The second-order valence-corrected chi connectivity index (χ2v) is 8.02. The lowest BCUT2D eigenvalue weighted by molar-refractivity contribution is -0.0949. The van der Waals surface area contributed by atoms with E-state index in [-0.39, 0.29) is 17.1 Å². The summed E-state index contributed by atoms with van der Waals surface area (Å²) >= 11 is 0. The van der Waals surface area contributed by atoms with Gasteiger partial charge in [-0.2, -0.15) is 0 Å². The predicted octanol–water partition coefficient (Wildman–Crippen LogP) is 4.15. The van der Waals surface area contributed by atoms with Crippen LogP contribution in [0.15, 0.2) is 18.2 Å². The van der Waals surface area contributed by atoms with Crippen LogP contribution >= 0.6 is 0 Å². The van der Waals surface area contributed by atoms with Gasteiger partial charge in [-0.15, -0.1) is 0 Å². The first-order valence-electron chi connectivity index (χ1n) is 8.08. The minimum absolute atomic E-state index is 0.142. The molecule has 1 aliphatic carbocycles. The molecule has 0 bridgehead atoms. The number of amides is 1. The molecule has 23 heavy (non-hydrogen) atoms. The van der Waals surface area contributed by atoms with Crippen LogP contribution in [0.4, 0.5) is 13.6 Å². The number of nitrogens with zero attached hydrogens (tertiary/aromatic N) is 1. The Balaban J connectivity index is 1.49. The Kier molecular flexibility index (Phi) is 3.85. The van der Waals surface area contributed by atoms with Gasteiger partial charge in [-0.1, -0.05) is 6.07 Å². The highest BCUT2D eigenvalue weighted by molar-refractivity contribution is 5.69. The van der Waals surface area contributed by atoms with Crippen molar-refractivity contribution < 1.29 is 18.3 Å². The Labute approximate surface area is 135 Å². The molecule has 1 aromatic carbocycles. The molecule has 3 rings (SSSR count). The first kappa shape index (κ1) is 16.2. The Bertz CT molecular complexity index is 590. The van der Waals surface area contributed by atoms with Crippen molar-refractivity contribution in [2.24, 2.45) is 11.3 Å². The van der Waals surface area contributed by atoms with Crippen LogP contribution in [0.2, 0.25) is 0 Å². The Morgan fingerprint density at radius 3 is 2.35 bits per heavy atom. The molecule has 0 unspecified atom stereocenters. The van der Waals surface area contributed by atoms with Crippen LogP contribution in [0.5, 0.6) is 0 Å². The van der Waals surface area contributed by atoms with E-state index < -0.39 is 17.2 Å². The maximum atomic E-state index is 13.7. The molecule has 1 aromatic rings. The summed E-state index contributed by atoms with van der Waals surface area (Å²) < 4.78 is 32.7. The Morgan fingerprint density at radius 1 is 1.26 bits per heavy atom. The molecule has 2 aliphatic rings. The van der Waals surface area contributed by atoms with Crippen molar-refractivity contribution in [3.8, 4) is 0 Å². The minimum Gasteiger partial charge on any atom is -0.444 e. The summed E-state index contributed by atoms with van der Waals surface area (Å²) in [6.45, 7) is 6.94.